The van der Waals surface area contributed by atoms with Crippen LogP contribution in [0, 0.1) is 13.8 Å². The van der Waals surface area contributed by atoms with Gasteiger partial charge in [-0.1, -0.05) is 12.1 Å². The Labute approximate surface area is 146 Å². The molecule has 6 heteroatoms. The van der Waals surface area contributed by atoms with Crippen molar-refractivity contribution in [3.8, 4) is 5.75 Å². The first-order valence-electron chi connectivity index (χ1n) is 8.11. The van der Waals surface area contributed by atoms with E-state index in [9.17, 15) is 4.79 Å². The lowest BCUT2D eigenvalue weighted by Gasteiger charge is -2.12. The van der Waals surface area contributed by atoms with Crippen LogP contribution in [0.25, 0.3) is 11.0 Å². The lowest BCUT2D eigenvalue weighted by molar-refractivity contribution is 0.262. The molecule has 6 nitrogen and oxygen atoms in total. The monoisotopic (exact) mass is 336 g/mol. The average molecular weight is 336 g/mol. The van der Waals surface area contributed by atoms with E-state index in [1.165, 1.54) is 0 Å². The van der Waals surface area contributed by atoms with Gasteiger partial charge in [0.15, 0.2) is 0 Å². The molecule has 0 saturated carbocycles. The molecular weight excluding hydrogens is 316 g/mol. The van der Waals surface area contributed by atoms with Crippen LogP contribution in [0.2, 0.25) is 0 Å². The Bertz CT molecular complexity index is 924. The fourth-order valence-corrected chi connectivity index (χ4v) is 2.44. The second-order valence-electron chi connectivity index (χ2n) is 5.61. The minimum atomic E-state index is -0.344. The van der Waals surface area contributed by atoms with Crippen LogP contribution < -0.4 is 15.4 Å². The number of aromatic nitrogens is 2. The number of hydrogen-bond donors (Lipinski definition) is 2. The molecule has 3 aromatic rings. The Morgan fingerprint density at radius 1 is 1.00 bits per heavy atom. The van der Waals surface area contributed by atoms with Gasteiger partial charge in [0.25, 0.3) is 0 Å². The molecule has 1 heterocycles. The first-order valence-corrected chi connectivity index (χ1v) is 8.11. The summed E-state index contributed by atoms with van der Waals surface area (Å²) in [6.45, 7) is 6.27. The van der Waals surface area contributed by atoms with Crippen LogP contribution in [0.1, 0.15) is 18.3 Å². The van der Waals surface area contributed by atoms with Crippen molar-refractivity contribution < 1.29 is 9.53 Å². The molecule has 0 radical (unpaired) electrons. The lowest BCUT2D eigenvalue weighted by atomic mass is 10.2. The summed E-state index contributed by atoms with van der Waals surface area (Å²) in [6.07, 6.45) is 0. The van der Waals surface area contributed by atoms with Gasteiger partial charge < -0.3 is 15.4 Å². The average Bonchev–Trinajstić information content (AvgIpc) is 2.58. The second kappa shape index (κ2) is 7.17. The summed E-state index contributed by atoms with van der Waals surface area (Å²) in [5.41, 5.74) is 4.59. The Kier molecular flexibility index (Phi) is 4.79. The van der Waals surface area contributed by atoms with E-state index in [1.54, 1.807) is 12.1 Å². The number of urea groups is 1. The summed E-state index contributed by atoms with van der Waals surface area (Å²) >= 11 is 0. The number of para-hydroxylation sites is 2. The molecule has 0 spiro atoms. The highest BCUT2D eigenvalue weighted by molar-refractivity contribution is 6.01. The van der Waals surface area contributed by atoms with Gasteiger partial charge in [-0.15, -0.1) is 0 Å². The number of anilines is 2. The van der Waals surface area contributed by atoms with Crippen molar-refractivity contribution in [2.24, 2.45) is 0 Å². The van der Waals surface area contributed by atoms with Gasteiger partial charge in [0.05, 0.1) is 34.7 Å². The van der Waals surface area contributed by atoms with Crippen LogP contribution in [-0.2, 0) is 0 Å². The van der Waals surface area contributed by atoms with E-state index >= 15 is 0 Å². The Morgan fingerprint density at radius 2 is 1.72 bits per heavy atom. The third kappa shape index (κ3) is 3.85. The molecule has 3 rings (SSSR count). The van der Waals surface area contributed by atoms with Crippen LogP contribution in [0.5, 0.6) is 5.75 Å². The van der Waals surface area contributed by atoms with E-state index in [0.717, 1.165) is 22.4 Å². The number of rotatable bonds is 4. The molecular formula is C19H20N4O2. The van der Waals surface area contributed by atoms with Gasteiger partial charge in [-0.25, -0.2) is 14.8 Å². The van der Waals surface area contributed by atoms with Crippen LogP contribution >= 0.6 is 0 Å². The van der Waals surface area contributed by atoms with Crippen LogP contribution in [-0.4, -0.2) is 22.6 Å². The highest BCUT2D eigenvalue weighted by Gasteiger charge is 2.09. The summed E-state index contributed by atoms with van der Waals surface area (Å²) in [5, 5.41) is 5.61. The van der Waals surface area contributed by atoms with Gasteiger partial charge in [0.1, 0.15) is 5.75 Å². The molecule has 0 aliphatic rings. The standard InChI is InChI=1S/C19H20N4O2/c1-4-25-18-8-6-5-7-16(18)23-19(24)22-14-9-10-15-17(11-14)21-13(3)12(2)20-15/h5-11H,4H2,1-3H3,(H2,22,23,24). The van der Waals surface area contributed by atoms with E-state index in [1.807, 2.05) is 51.1 Å². The molecule has 0 unspecified atom stereocenters. The molecule has 2 amide bonds. The molecule has 0 aliphatic carbocycles. The largest absolute Gasteiger partial charge is 0.492 e. The molecule has 0 aliphatic heterocycles. The van der Waals surface area contributed by atoms with Gasteiger partial charge in [0.2, 0.25) is 0 Å². The number of hydrogen-bond acceptors (Lipinski definition) is 4. The summed E-state index contributed by atoms with van der Waals surface area (Å²) in [7, 11) is 0. The van der Waals surface area contributed by atoms with Crippen molar-refractivity contribution in [1.29, 1.82) is 0 Å². The smallest absolute Gasteiger partial charge is 0.323 e. The third-order valence-electron chi connectivity index (χ3n) is 3.77. The topological polar surface area (TPSA) is 76.1 Å². The van der Waals surface area contributed by atoms with Crippen LogP contribution in [0.15, 0.2) is 42.5 Å². The van der Waals surface area contributed by atoms with Gasteiger partial charge in [0, 0.05) is 5.69 Å². The fraction of sp³-hybridized carbons (Fsp3) is 0.211. The van der Waals surface area contributed by atoms with Crippen molar-refractivity contribution >= 4 is 28.4 Å². The van der Waals surface area contributed by atoms with Gasteiger partial charge in [-0.3, -0.25) is 0 Å². The highest BCUT2D eigenvalue weighted by Crippen LogP contribution is 2.24. The number of benzene rings is 2. The molecule has 0 saturated heterocycles. The van der Waals surface area contributed by atoms with Crippen LogP contribution in [0.3, 0.4) is 0 Å². The first-order chi connectivity index (χ1) is 12.1. The minimum absolute atomic E-state index is 0.344. The highest BCUT2D eigenvalue weighted by atomic mass is 16.5. The second-order valence-corrected chi connectivity index (χ2v) is 5.61. The maximum Gasteiger partial charge on any atom is 0.323 e. The number of amides is 2. The van der Waals surface area contributed by atoms with E-state index < -0.39 is 0 Å². The zero-order valence-corrected chi connectivity index (χ0v) is 14.5. The first kappa shape index (κ1) is 16.7. The summed E-state index contributed by atoms with van der Waals surface area (Å²) in [5.74, 6) is 0.635. The minimum Gasteiger partial charge on any atom is -0.492 e. The third-order valence-corrected chi connectivity index (χ3v) is 3.77. The summed E-state index contributed by atoms with van der Waals surface area (Å²) in [4.78, 5) is 21.3. The molecule has 0 atom stereocenters. The predicted octanol–water partition coefficient (Wildman–Crippen LogP) is 4.29. The van der Waals surface area contributed by atoms with Crippen molar-refractivity contribution in [1.82, 2.24) is 9.97 Å². The summed E-state index contributed by atoms with van der Waals surface area (Å²) in [6, 6.07) is 12.4. The number of carbonyl (C=O) groups excluding carboxylic acids is 1. The van der Waals surface area contributed by atoms with Gasteiger partial charge >= 0.3 is 6.03 Å². The zero-order chi connectivity index (χ0) is 17.8. The number of nitrogens with one attached hydrogen (secondary N) is 2. The van der Waals surface area contributed by atoms with E-state index in [0.29, 0.717) is 23.7 Å². The van der Waals surface area contributed by atoms with Gasteiger partial charge in [-0.05, 0) is 51.1 Å². The van der Waals surface area contributed by atoms with Crippen molar-refractivity contribution in [2.75, 3.05) is 17.2 Å². The zero-order valence-electron chi connectivity index (χ0n) is 14.5. The molecule has 0 bridgehead atoms. The van der Waals surface area contributed by atoms with Crippen LogP contribution in [0.4, 0.5) is 16.2 Å². The number of aryl methyl sites for hydroxylation is 2. The van der Waals surface area contributed by atoms with E-state index in [2.05, 4.69) is 20.6 Å². The number of carbonyl (C=O) groups is 1. The van der Waals surface area contributed by atoms with Crippen molar-refractivity contribution in [3.05, 3.63) is 53.9 Å². The van der Waals surface area contributed by atoms with Crippen molar-refractivity contribution in [2.45, 2.75) is 20.8 Å². The number of fused-ring (bicyclic) bond motifs is 1. The maximum absolute atomic E-state index is 12.3. The Morgan fingerprint density at radius 3 is 2.48 bits per heavy atom. The lowest BCUT2D eigenvalue weighted by Crippen LogP contribution is -2.20. The normalized spacial score (nSPS) is 10.5. The van der Waals surface area contributed by atoms with Crippen molar-refractivity contribution in [3.63, 3.8) is 0 Å². The molecule has 0 fully saturated rings. The predicted molar refractivity (Wildman–Crippen MR) is 99.3 cm³/mol. The molecule has 25 heavy (non-hydrogen) atoms. The Hall–Kier alpha value is -3.15. The number of nitrogens with zero attached hydrogens (tertiary/aromatic N) is 2. The Balaban J connectivity index is 1.77. The SMILES string of the molecule is CCOc1ccccc1NC(=O)Nc1ccc2nc(C)c(C)nc2c1. The van der Waals surface area contributed by atoms with Gasteiger partial charge in [-0.2, -0.15) is 0 Å². The van der Waals surface area contributed by atoms with E-state index in [-0.39, 0.29) is 6.03 Å². The quantitative estimate of drug-likeness (QED) is 0.745. The molecule has 128 valence electrons. The number of ether oxygens (including phenoxy) is 1. The molecule has 2 N–H and O–H groups in total. The molecule has 1 aromatic heterocycles. The summed E-state index contributed by atoms with van der Waals surface area (Å²) < 4.78 is 5.51. The molecule has 2 aromatic carbocycles. The maximum atomic E-state index is 12.3. The fourth-order valence-electron chi connectivity index (χ4n) is 2.44. The van der Waals surface area contributed by atoms with E-state index in [4.69, 9.17) is 4.74 Å².